The molecule has 0 atom stereocenters. The second-order valence-corrected chi connectivity index (χ2v) is 7.70. The molecule has 0 heterocycles. The number of nitrogens with zero attached hydrogens (tertiary/aromatic N) is 1. The number of hydrogen-bond donors (Lipinski definition) is 1. The molecular formula is C22H21IN2O2. The number of rotatable bonds is 5. The zero-order chi connectivity index (χ0) is 19.4. The summed E-state index contributed by atoms with van der Waals surface area (Å²) in [5.41, 5.74) is 6.32. The third-order valence-electron chi connectivity index (χ3n) is 4.29. The van der Waals surface area contributed by atoms with Gasteiger partial charge in [-0.15, -0.1) is 0 Å². The molecule has 5 heteroatoms. The summed E-state index contributed by atoms with van der Waals surface area (Å²) in [6.07, 6.45) is 0. The lowest BCUT2D eigenvalue weighted by atomic mass is 10.0. The first-order chi connectivity index (χ1) is 12.9. The molecule has 3 aromatic carbocycles. The fourth-order valence-corrected chi connectivity index (χ4v) is 3.85. The predicted molar refractivity (Wildman–Crippen MR) is 118 cm³/mol. The topological polar surface area (TPSA) is 50.7 Å². The molecule has 0 spiro atoms. The summed E-state index contributed by atoms with van der Waals surface area (Å²) >= 11 is 2.27. The second-order valence-electron chi connectivity index (χ2n) is 6.45. The number of fused-ring (bicyclic) bond motifs is 1. The highest BCUT2D eigenvalue weighted by atomic mass is 127. The van der Waals surface area contributed by atoms with Crippen LogP contribution in [0.1, 0.15) is 23.6 Å². The Morgan fingerprint density at radius 3 is 2.41 bits per heavy atom. The van der Waals surface area contributed by atoms with Gasteiger partial charge in [-0.2, -0.15) is 5.10 Å². The van der Waals surface area contributed by atoms with E-state index in [4.69, 9.17) is 4.74 Å². The first-order valence-electron chi connectivity index (χ1n) is 8.66. The zero-order valence-electron chi connectivity index (χ0n) is 15.5. The Hall–Kier alpha value is -2.41. The second kappa shape index (κ2) is 8.52. The van der Waals surface area contributed by atoms with Crippen LogP contribution < -0.4 is 10.2 Å². The Bertz CT molecular complexity index is 1000. The average molecular weight is 472 g/mol. The summed E-state index contributed by atoms with van der Waals surface area (Å²) in [5, 5.41) is 6.53. The van der Waals surface area contributed by atoms with Gasteiger partial charge in [0, 0.05) is 3.57 Å². The van der Waals surface area contributed by atoms with Crippen molar-refractivity contribution in [2.24, 2.45) is 5.10 Å². The number of carbonyl (C=O) groups is 1. The summed E-state index contributed by atoms with van der Waals surface area (Å²) in [6, 6.07) is 18.3. The van der Waals surface area contributed by atoms with Gasteiger partial charge >= 0.3 is 0 Å². The van der Waals surface area contributed by atoms with E-state index >= 15 is 0 Å². The lowest BCUT2D eigenvalue weighted by Gasteiger charge is -2.12. The molecule has 0 radical (unpaired) electrons. The van der Waals surface area contributed by atoms with Crippen LogP contribution in [0.25, 0.3) is 10.8 Å². The van der Waals surface area contributed by atoms with Crippen LogP contribution in [0.3, 0.4) is 0 Å². The molecule has 0 saturated carbocycles. The summed E-state index contributed by atoms with van der Waals surface area (Å²) in [4.78, 5) is 12.1. The molecule has 0 aliphatic rings. The van der Waals surface area contributed by atoms with Gasteiger partial charge in [0.25, 0.3) is 5.91 Å². The lowest BCUT2D eigenvalue weighted by Crippen LogP contribution is -2.26. The first kappa shape index (κ1) is 19.4. The van der Waals surface area contributed by atoms with Gasteiger partial charge in [0.2, 0.25) is 0 Å². The SMILES string of the molecule is C/C(=N\NC(=O)COc1c(C)cc(I)cc1C)c1ccc2ccccc2c1. The number of ether oxygens (including phenoxy) is 1. The zero-order valence-corrected chi connectivity index (χ0v) is 17.7. The number of aryl methyl sites for hydroxylation is 2. The summed E-state index contributed by atoms with van der Waals surface area (Å²) in [5.74, 6) is 0.466. The van der Waals surface area contributed by atoms with E-state index < -0.39 is 0 Å². The van der Waals surface area contributed by atoms with E-state index in [-0.39, 0.29) is 12.5 Å². The summed E-state index contributed by atoms with van der Waals surface area (Å²) in [6.45, 7) is 5.75. The number of halogens is 1. The predicted octanol–water partition coefficient (Wildman–Crippen LogP) is 4.98. The lowest BCUT2D eigenvalue weighted by molar-refractivity contribution is -0.123. The summed E-state index contributed by atoms with van der Waals surface area (Å²) in [7, 11) is 0. The van der Waals surface area contributed by atoms with Crippen LogP contribution in [0.15, 0.2) is 59.7 Å². The fraction of sp³-hybridized carbons (Fsp3) is 0.182. The summed E-state index contributed by atoms with van der Waals surface area (Å²) < 4.78 is 6.84. The van der Waals surface area contributed by atoms with E-state index in [0.717, 1.165) is 37.1 Å². The van der Waals surface area contributed by atoms with Crippen molar-refractivity contribution in [3.8, 4) is 5.75 Å². The first-order valence-corrected chi connectivity index (χ1v) is 9.74. The van der Waals surface area contributed by atoms with Crippen molar-refractivity contribution in [2.45, 2.75) is 20.8 Å². The minimum atomic E-state index is -0.285. The Kier molecular flexibility index (Phi) is 6.11. The van der Waals surface area contributed by atoms with Crippen LogP contribution in [-0.4, -0.2) is 18.2 Å². The smallest absolute Gasteiger partial charge is 0.277 e. The molecule has 0 saturated heterocycles. The Labute approximate surface area is 172 Å². The molecule has 0 aliphatic carbocycles. The maximum absolute atomic E-state index is 12.1. The molecule has 0 fully saturated rings. The molecule has 3 aromatic rings. The number of amides is 1. The molecule has 1 N–H and O–H groups in total. The molecule has 0 aliphatic heterocycles. The van der Waals surface area contributed by atoms with Crippen LogP contribution in [0.2, 0.25) is 0 Å². The van der Waals surface area contributed by atoms with Crippen molar-refractivity contribution >= 4 is 45.0 Å². The normalized spacial score (nSPS) is 11.5. The van der Waals surface area contributed by atoms with E-state index in [1.807, 2.05) is 51.1 Å². The molecular weight excluding hydrogens is 451 g/mol. The molecule has 1 amide bonds. The van der Waals surface area contributed by atoms with Gasteiger partial charge in [0.1, 0.15) is 5.75 Å². The van der Waals surface area contributed by atoms with Crippen LogP contribution in [0, 0.1) is 17.4 Å². The molecule has 0 aromatic heterocycles. The highest BCUT2D eigenvalue weighted by Crippen LogP contribution is 2.25. The monoisotopic (exact) mass is 472 g/mol. The van der Waals surface area contributed by atoms with E-state index in [1.54, 1.807) is 0 Å². The molecule has 0 unspecified atom stereocenters. The van der Waals surface area contributed by atoms with E-state index in [0.29, 0.717) is 0 Å². The van der Waals surface area contributed by atoms with Crippen molar-refractivity contribution in [1.82, 2.24) is 5.43 Å². The van der Waals surface area contributed by atoms with Gasteiger partial charge in [-0.1, -0.05) is 36.4 Å². The van der Waals surface area contributed by atoms with Crippen LogP contribution in [-0.2, 0) is 4.79 Å². The standard InChI is InChI=1S/C22H21IN2O2/c1-14-10-20(23)11-15(2)22(14)27-13-21(26)25-24-16(3)18-9-8-17-6-4-5-7-19(17)12-18/h4-12H,13H2,1-3H3,(H,25,26)/b24-16+. The average Bonchev–Trinajstić information content (AvgIpc) is 2.64. The number of benzene rings is 3. The van der Waals surface area contributed by atoms with Crippen LogP contribution in [0.4, 0.5) is 0 Å². The number of hydrogen-bond acceptors (Lipinski definition) is 3. The third-order valence-corrected chi connectivity index (χ3v) is 4.91. The van der Waals surface area contributed by atoms with E-state index in [9.17, 15) is 4.79 Å². The number of hydrazone groups is 1. The Morgan fingerprint density at radius 1 is 1.04 bits per heavy atom. The van der Waals surface area contributed by atoms with Crippen molar-refractivity contribution < 1.29 is 9.53 Å². The molecule has 0 bridgehead atoms. The van der Waals surface area contributed by atoms with Gasteiger partial charge in [0.15, 0.2) is 6.61 Å². The van der Waals surface area contributed by atoms with Gasteiger partial charge in [-0.05, 0) is 89.0 Å². The van der Waals surface area contributed by atoms with Gasteiger partial charge < -0.3 is 4.74 Å². The van der Waals surface area contributed by atoms with Crippen molar-refractivity contribution in [3.05, 3.63) is 74.9 Å². The fourth-order valence-electron chi connectivity index (χ4n) is 2.92. The Morgan fingerprint density at radius 2 is 1.70 bits per heavy atom. The largest absolute Gasteiger partial charge is 0.483 e. The number of carbonyl (C=O) groups excluding carboxylic acids is 1. The van der Waals surface area contributed by atoms with E-state index in [1.165, 1.54) is 5.39 Å². The highest BCUT2D eigenvalue weighted by molar-refractivity contribution is 14.1. The molecule has 3 rings (SSSR count). The van der Waals surface area contributed by atoms with Gasteiger partial charge in [0.05, 0.1) is 5.71 Å². The Balaban J connectivity index is 1.63. The minimum Gasteiger partial charge on any atom is -0.483 e. The van der Waals surface area contributed by atoms with E-state index in [2.05, 4.69) is 57.4 Å². The molecule has 138 valence electrons. The van der Waals surface area contributed by atoms with Crippen molar-refractivity contribution in [2.75, 3.05) is 6.61 Å². The van der Waals surface area contributed by atoms with Gasteiger partial charge in [-0.3, -0.25) is 4.79 Å². The minimum absolute atomic E-state index is 0.0726. The molecule has 4 nitrogen and oxygen atoms in total. The van der Waals surface area contributed by atoms with Gasteiger partial charge in [-0.25, -0.2) is 5.43 Å². The van der Waals surface area contributed by atoms with Crippen LogP contribution in [0.5, 0.6) is 5.75 Å². The number of nitrogens with one attached hydrogen (secondary N) is 1. The van der Waals surface area contributed by atoms with Crippen LogP contribution >= 0.6 is 22.6 Å². The van der Waals surface area contributed by atoms with Crippen molar-refractivity contribution in [1.29, 1.82) is 0 Å². The third kappa shape index (κ3) is 4.86. The molecule has 27 heavy (non-hydrogen) atoms. The maximum Gasteiger partial charge on any atom is 0.277 e. The highest BCUT2D eigenvalue weighted by Gasteiger charge is 2.09. The maximum atomic E-state index is 12.1. The van der Waals surface area contributed by atoms with Crippen molar-refractivity contribution in [3.63, 3.8) is 0 Å². The quantitative estimate of drug-likeness (QED) is 0.324.